The molecule has 108 valence electrons. The highest BCUT2D eigenvalue weighted by Crippen LogP contribution is 2.34. The molecule has 0 heterocycles. The van der Waals surface area contributed by atoms with E-state index in [0.29, 0.717) is 5.92 Å². The Kier molecular flexibility index (Phi) is 5.66. The SMILES string of the molecule is CCCNC1CC(C)CC(C)C1S(=O)(=O)C(C)C. The van der Waals surface area contributed by atoms with Crippen molar-refractivity contribution in [3.05, 3.63) is 0 Å². The molecular weight excluding hydrogens is 246 g/mol. The van der Waals surface area contributed by atoms with Gasteiger partial charge in [0.2, 0.25) is 0 Å². The number of hydrogen-bond donors (Lipinski definition) is 1. The van der Waals surface area contributed by atoms with Crippen molar-refractivity contribution < 1.29 is 8.42 Å². The standard InChI is InChI=1S/C14H29NO2S/c1-6-7-15-13-9-11(4)8-12(5)14(13)18(16,17)10(2)3/h10-15H,6-9H2,1-5H3. The van der Waals surface area contributed by atoms with E-state index in [4.69, 9.17) is 0 Å². The zero-order valence-corrected chi connectivity index (χ0v) is 13.3. The quantitative estimate of drug-likeness (QED) is 0.839. The van der Waals surface area contributed by atoms with Crippen LogP contribution in [0.5, 0.6) is 0 Å². The van der Waals surface area contributed by atoms with Crippen molar-refractivity contribution in [2.75, 3.05) is 6.54 Å². The van der Waals surface area contributed by atoms with E-state index in [0.717, 1.165) is 25.8 Å². The topological polar surface area (TPSA) is 46.2 Å². The van der Waals surface area contributed by atoms with Gasteiger partial charge in [-0.3, -0.25) is 0 Å². The number of sulfone groups is 1. The first-order chi connectivity index (χ1) is 8.30. The molecule has 3 nitrogen and oxygen atoms in total. The first kappa shape index (κ1) is 16.0. The van der Waals surface area contributed by atoms with Crippen molar-refractivity contribution in [3.63, 3.8) is 0 Å². The molecule has 0 saturated heterocycles. The van der Waals surface area contributed by atoms with E-state index in [2.05, 4.69) is 26.1 Å². The largest absolute Gasteiger partial charge is 0.313 e. The molecular formula is C14H29NO2S. The fourth-order valence-electron chi connectivity index (χ4n) is 3.23. The maximum atomic E-state index is 12.5. The van der Waals surface area contributed by atoms with E-state index < -0.39 is 9.84 Å². The van der Waals surface area contributed by atoms with E-state index in [1.807, 2.05) is 0 Å². The summed E-state index contributed by atoms with van der Waals surface area (Å²) in [7, 11) is -3.01. The molecule has 4 atom stereocenters. The lowest BCUT2D eigenvalue weighted by molar-refractivity contribution is 0.241. The Morgan fingerprint density at radius 3 is 2.33 bits per heavy atom. The van der Waals surface area contributed by atoms with Gasteiger partial charge in [0.25, 0.3) is 0 Å². The summed E-state index contributed by atoms with van der Waals surface area (Å²) in [6.07, 6.45) is 3.07. The third kappa shape index (κ3) is 3.47. The first-order valence-electron chi connectivity index (χ1n) is 7.26. The van der Waals surface area contributed by atoms with Crippen LogP contribution >= 0.6 is 0 Å². The smallest absolute Gasteiger partial charge is 0.157 e. The highest BCUT2D eigenvalue weighted by atomic mass is 32.2. The van der Waals surface area contributed by atoms with Gasteiger partial charge in [0.15, 0.2) is 9.84 Å². The van der Waals surface area contributed by atoms with Gasteiger partial charge in [-0.1, -0.05) is 20.8 Å². The molecule has 0 bridgehead atoms. The van der Waals surface area contributed by atoms with Gasteiger partial charge in [0.1, 0.15) is 0 Å². The van der Waals surface area contributed by atoms with Crippen molar-refractivity contribution in [1.82, 2.24) is 5.32 Å². The van der Waals surface area contributed by atoms with Crippen molar-refractivity contribution in [2.24, 2.45) is 11.8 Å². The summed E-state index contributed by atoms with van der Waals surface area (Å²) in [4.78, 5) is 0. The molecule has 18 heavy (non-hydrogen) atoms. The minimum Gasteiger partial charge on any atom is -0.313 e. The third-order valence-corrected chi connectivity index (χ3v) is 6.95. The van der Waals surface area contributed by atoms with E-state index >= 15 is 0 Å². The van der Waals surface area contributed by atoms with E-state index in [9.17, 15) is 8.42 Å². The molecule has 0 aromatic heterocycles. The van der Waals surface area contributed by atoms with Crippen LogP contribution in [-0.2, 0) is 9.84 Å². The Hall–Kier alpha value is -0.0900. The Labute approximate surface area is 113 Å². The molecule has 0 amide bonds. The summed E-state index contributed by atoms with van der Waals surface area (Å²) in [5.41, 5.74) is 0. The molecule has 0 aromatic carbocycles. The summed E-state index contributed by atoms with van der Waals surface area (Å²) in [5.74, 6) is 0.878. The van der Waals surface area contributed by atoms with Crippen LogP contribution in [0.15, 0.2) is 0 Å². The lowest BCUT2D eigenvalue weighted by Gasteiger charge is -2.40. The van der Waals surface area contributed by atoms with Gasteiger partial charge in [-0.2, -0.15) is 0 Å². The number of rotatable bonds is 5. The Balaban J connectivity index is 2.94. The molecule has 0 aliphatic heterocycles. The molecule has 4 heteroatoms. The Morgan fingerprint density at radius 2 is 1.83 bits per heavy atom. The molecule has 1 saturated carbocycles. The van der Waals surface area contributed by atoms with Crippen LogP contribution in [0.25, 0.3) is 0 Å². The van der Waals surface area contributed by atoms with E-state index in [-0.39, 0.29) is 22.5 Å². The predicted molar refractivity (Wildman–Crippen MR) is 77.5 cm³/mol. The maximum Gasteiger partial charge on any atom is 0.157 e. The number of hydrogen-bond acceptors (Lipinski definition) is 3. The molecule has 1 rings (SSSR count). The molecule has 4 unspecified atom stereocenters. The highest BCUT2D eigenvalue weighted by molar-refractivity contribution is 7.92. The van der Waals surface area contributed by atoms with Crippen LogP contribution in [0.4, 0.5) is 0 Å². The lowest BCUT2D eigenvalue weighted by atomic mass is 9.80. The van der Waals surface area contributed by atoms with Crippen LogP contribution in [0.3, 0.4) is 0 Å². The lowest BCUT2D eigenvalue weighted by Crippen LogP contribution is -2.53. The van der Waals surface area contributed by atoms with E-state index in [1.165, 1.54) is 0 Å². The van der Waals surface area contributed by atoms with Crippen molar-refractivity contribution in [2.45, 2.75) is 70.4 Å². The van der Waals surface area contributed by atoms with Gasteiger partial charge in [-0.25, -0.2) is 8.42 Å². The zero-order valence-electron chi connectivity index (χ0n) is 12.4. The highest BCUT2D eigenvalue weighted by Gasteiger charge is 2.42. The predicted octanol–water partition coefficient (Wildman–Crippen LogP) is 2.61. The second kappa shape index (κ2) is 6.38. The summed E-state index contributed by atoms with van der Waals surface area (Å²) < 4.78 is 25.1. The van der Waals surface area contributed by atoms with Gasteiger partial charge in [-0.15, -0.1) is 0 Å². The van der Waals surface area contributed by atoms with Crippen LogP contribution in [0, 0.1) is 11.8 Å². The average molecular weight is 275 g/mol. The van der Waals surface area contributed by atoms with Crippen LogP contribution in [0.2, 0.25) is 0 Å². The molecule has 1 fully saturated rings. The van der Waals surface area contributed by atoms with Gasteiger partial charge in [0, 0.05) is 6.04 Å². The summed E-state index contributed by atoms with van der Waals surface area (Å²) in [5, 5.41) is 2.98. The number of nitrogens with one attached hydrogen (secondary N) is 1. The molecule has 0 radical (unpaired) electrons. The second-order valence-electron chi connectivity index (χ2n) is 6.22. The molecule has 0 spiro atoms. The van der Waals surface area contributed by atoms with Crippen molar-refractivity contribution in [1.29, 1.82) is 0 Å². The minimum absolute atomic E-state index is 0.135. The summed E-state index contributed by atoms with van der Waals surface area (Å²) in [6, 6.07) is 0.135. The van der Waals surface area contributed by atoms with Crippen molar-refractivity contribution in [3.8, 4) is 0 Å². The Morgan fingerprint density at radius 1 is 1.22 bits per heavy atom. The fraction of sp³-hybridized carbons (Fsp3) is 1.00. The normalized spacial score (nSPS) is 33.9. The van der Waals surface area contributed by atoms with Crippen molar-refractivity contribution >= 4 is 9.84 Å². The molecule has 1 aliphatic carbocycles. The van der Waals surface area contributed by atoms with Gasteiger partial charge < -0.3 is 5.32 Å². The molecule has 1 N–H and O–H groups in total. The third-order valence-electron chi connectivity index (χ3n) is 4.08. The average Bonchev–Trinajstić information content (AvgIpc) is 2.24. The van der Waals surface area contributed by atoms with Gasteiger partial charge in [0.05, 0.1) is 10.5 Å². The summed E-state index contributed by atoms with van der Waals surface area (Å²) in [6.45, 7) is 11.0. The van der Waals surface area contributed by atoms with Gasteiger partial charge in [-0.05, 0) is 51.5 Å². The van der Waals surface area contributed by atoms with Crippen LogP contribution in [0.1, 0.15) is 53.9 Å². The Bertz CT molecular complexity index is 351. The van der Waals surface area contributed by atoms with Crippen LogP contribution in [-0.4, -0.2) is 31.5 Å². The molecule has 0 aromatic rings. The zero-order chi connectivity index (χ0) is 13.9. The molecule has 1 aliphatic rings. The second-order valence-corrected chi connectivity index (χ2v) is 8.88. The van der Waals surface area contributed by atoms with E-state index in [1.54, 1.807) is 13.8 Å². The summed E-state index contributed by atoms with van der Waals surface area (Å²) >= 11 is 0. The van der Waals surface area contributed by atoms with Crippen LogP contribution < -0.4 is 5.32 Å². The fourth-order valence-corrected chi connectivity index (χ4v) is 5.28. The minimum atomic E-state index is -3.01. The first-order valence-corrected chi connectivity index (χ1v) is 8.87. The maximum absolute atomic E-state index is 12.5. The monoisotopic (exact) mass is 275 g/mol. The van der Waals surface area contributed by atoms with Gasteiger partial charge >= 0.3 is 0 Å².